The van der Waals surface area contributed by atoms with Crippen molar-refractivity contribution < 1.29 is 32.3 Å². The van der Waals surface area contributed by atoms with Gasteiger partial charge in [-0.25, -0.2) is 0 Å². The van der Waals surface area contributed by atoms with Gasteiger partial charge in [-0.1, -0.05) is 40.3 Å². The lowest BCUT2D eigenvalue weighted by atomic mass is 10.0. The summed E-state index contributed by atoms with van der Waals surface area (Å²) in [6.45, 7) is 8.95. The van der Waals surface area contributed by atoms with E-state index in [1.54, 1.807) is 19.1 Å². The summed E-state index contributed by atoms with van der Waals surface area (Å²) >= 11 is 3.20. The molecular weight excluding hydrogens is 483 g/mol. The molecule has 2 aromatic rings. The normalized spacial score (nSPS) is 13.9. The van der Waals surface area contributed by atoms with Gasteiger partial charge in [0.2, 0.25) is 5.82 Å². The molecule has 0 spiro atoms. The molecule has 1 aromatic heterocycles. The highest BCUT2D eigenvalue weighted by Gasteiger charge is 2.31. The molecule has 0 aliphatic rings. The monoisotopic (exact) mass is 501 g/mol. The topological polar surface area (TPSA) is 97.5 Å². The number of alkyl halides is 3. The number of amides is 1. The average molecular weight is 502 g/mol. The molecule has 0 fully saturated rings. The van der Waals surface area contributed by atoms with Crippen molar-refractivity contribution in [2.45, 2.75) is 31.9 Å². The van der Waals surface area contributed by atoms with Gasteiger partial charge in [-0.3, -0.25) is 4.79 Å². The lowest BCUT2D eigenvalue weighted by Crippen LogP contribution is -2.41. The molecule has 0 saturated heterocycles. The number of carbonyl (C=O) groups excluding carboxylic acids is 1. The molecule has 1 heterocycles. The Morgan fingerprint density at radius 3 is 2.58 bits per heavy atom. The van der Waals surface area contributed by atoms with Gasteiger partial charge in [0, 0.05) is 16.5 Å². The highest BCUT2D eigenvalue weighted by Crippen LogP contribution is 2.25. The molecule has 0 aliphatic heterocycles. The van der Waals surface area contributed by atoms with Crippen LogP contribution in [0.5, 0.6) is 5.75 Å². The Bertz CT molecular complexity index is 971. The van der Waals surface area contributed by atoms with E-state index in [2.05, 4.69) is 49.3 Å². The SMILES string of the molecule is C=C/C(=C\C(=C)Br)CC(O)C(C)NC(=O)c1nc(-c2ccc(OC(F)(F)F)cc2)no1. The van der Waals surface area contributed by atoms with Crippen molar-refractivity contribution in [2.75, 3.05) is 0 Å². The first kappa shape index (κ1) is 24.4. The van der Waals surface area contributed by atoms with Crippen LogP contribution in [0.1, 0.15) is 24.0 Å². The first-order valence-corrected chi connectivity index (χ1v) is 9.64. The van der Waals surface area contributed by atoms with E-state index < -0.39 is 30.2 Å². The number of aliphatic hydroxyl groups excluding tert-OH is 1. The zero-order chi connectivity index (χ0) is 23.2. The summed E-state index contributed by atoms with van der Waals surface area (Å²) in [7, 11) is 0. The number of ether oxygens (including phenoxy) is 1. The van der Waals surface area contributed by atoms with E-state index in [0.717, 1.165) is 12.1 Å². The molecule has 2 atom stereocenters. The molecule has 0 saturated carbocycles. The fourth-order valence-electron chi connectivity index (χ4n) is 2.42. The van der Waals surface area contributed by atoms with Gasteiger partial charge in [-0.2, -0.15) is 4.98 Å². The zero-order valence-corrected chi connectivity index (χ0v) is 17.9. The standard InChI is InChI=1S/C20H19BrF3N3O4/c1-4-13(9-11(2)21)10-16(28)12(3)25-18(29)19-26-17(27-31-19)14-5-7-15(8-6-14)30-20(22,23)24/h4-9,12,16,28H,1-2,10H2,3H3,(H,25,29)/b13-9+. The Kier molecular flexibility index (Phi) is 8.17. The van der Waals surface area contributed by atoms with Gasteiger partial charge in [-0.05, 0) is 42.8 Å². The molecule has 1 aromatic carbocycles. The van der Waals surface area contributed by atoms with Crippen LogP contribution in [0.15, 0.2) is 64.2 Å². The average Bonchev–Trinajstić information content (AvgIpc) is 3.16. The smallest absolute Gasteiger partial charge is 0.406 e. The van der Waals surface area contributed by atoms with Crippen LogP contribution in [0.3, 0.4) is 0 Å². The number of rotatable bonds is 9. The van der Waals surface area contributed by atoms with E-state index in [-0.39, 0.29) is 18.1 Å². The summed E-state index contributed by atoms with van der Waals surface area (Å²) in [6.07, 6.45) is -2.25. The molecule has 1 amide bonds. The minimum atomic E-state index is -4.80. The van der Waals surface area contributed by atoms with Crippen LogP contribution in [-0.4, -0.2) is 39.7 Å². The van der Waals surface area contributed by atoms with Crippen molar-refractivity contribution in [3.63, 3.8) is 0 Å². The number of nitrogens with one attached hydrogen (secondary N) is 1. The number of aromatic nitrogens is 2. The molecule has 11 heteroatoms. The van der Waals surface area contributed by atoms with Gasteiger partial charge in [0.25, 0.3) is 0 Å². The molecule has 31 heavy (non-hydrogen) atoms. The third-order valence-corrected chi connectivity index (χ3v) is 4.18. The Morgan fingerprint density at radius 2 is 2.03 bits per heavy atom. The number of hydrogen-bond donors (Lipinski definition) is 2. The van der Waals surface area contributed by atoms with Crippen LogP contribution in [0.25, 0.3) is 11.4 Å². The molecule has 7 nitrogen and oxygen atoms in total. The molecule has 0 bridgehead atoms. The largest absolute Gasteiger partial charge is 0.573 e. The Morgan fingerprint density at radius 1 is 1.39 bits per heavy atom. The predicted octanol–water partition coefficient (Wildman–Crippen LogP) is 4.53. The third-order valence-electron chi connectivity index (χ3n) is 3.95. The summed E-state index contributed by atoms with van der Waals surface area (Å²) in [5.74, 6) is -1.48. The van der Waals surface area contributed by atoms with Crippen molar-refractivity contribution in [3.05, 3.63) is 65.5 Å². The number of aliphatic hydroxyl groups is 1. The zero-order valence-electron chi connectivity index (χ0n) is 16.3. The van der Waals surface area contributed by atoms with Gasteiger partial charge in [0.1, 0.15) is 5.75 Å². The van der Waals surface area contributed by atoms with Gasteiger partial charge in [0.05, 0.1) is 12.1 Å². The fourth-order valence-corrected chi connectivity index (χ4v) is 2.72. The van der Waals surface area contributed by atoms with Crippen LogP contribution in [0, 0.1) is 0 Å². The van der Waals surface area contributed by atoms with Crippen molar-refractivity contribution in [1.29, 1.82) is 0 Å². The number of nitrogens with zero attached hydrogens (tertiary/aromatic N) is 2. The number of hydrogen-bond acceptors (Lipinski definition) is 6. The maximum absolute atomic E-state index is 12.3. The first-order chi connectivity index (χ1) is 14.5. The van der Waals surface area contributed by atoms with E-state index in [1.165, 1.54) is 12.1 Å². The third kappa shape index (κ3) is 7.68. The lowest BCUT2D eigenvalue weighted by Gasteiger charge is -2.19. The molecule has 0 radical (unpaired) electrons. The minimum Gasteiger partial charge on any atom is -0.406 e. The highest BCUT2D eigenvalue weighted by atomic mass is 79.9. The van der Waals surface area contributed by atoms with Gasteiger partial charge < -0.3 is 19.7 Å². The van der Waals surface area contributed by atoms with Crippen LogP contribution >= 0.6 is 15.9 Å². The van der Waals surface area contributed by atoms with E-state index in [1.807, 2.05) is 0 Å². The summed E-state index contributed by atoms with van der Waals surface area (Å²) in [5.41, 5.74) is 1.04. The second-order valence-corrected chi connectivity index (χ2v) is 7.42. The maximum atomic E-state index is 12.3. The first-order valence-electron chi connectivity index (χ1n) is 8.84. The number of carbonyl (C=O) groups is 1. The molecule has 2 N–H and O–H groups in total. The van der Waals surface area contributed by atoms with Crippen molar-refractivity contribution in [2.24, 2.45) is 0 Å². The van der Waals surface area contributed by atoms with Crippen LogP contribution < -0.4 is 10.1 Å². The number of allylic oxidation sites excluding steroid dienone is 3. The van der Waals surface area contributed by atoms with Crippen molar-refractivity contribution in [1.82, 2.24) is 15.5 Å². The van der Waals surface area contributed by atoms with Crippen LogP contribution in [-0.2, 0) is 0 Å². The number of halogens is 4. The lowest BCUT2D eigenvalue weighted by molar-refractivity contribution is -0.274. The van der Waals surface area contributed by atoms with E-state index in [9.17, 15) is 23.1 Å². The van der Waals surface area contributed by atoms with E-state index >= 15 is 0 Å². The highest BCUT2D eigenvalue weighted by molar-refractivity contribution is 9.11. The molecular formula is C20H19BrF3N3O4. The summed E-state index contributed by atoms with van der Waals surface area (Å²) in [4.78, 5) is 16.3. The molecule has 0 aliphatic carbocycles. The second-order valence-electron chi connectivity index (χ2n) is 6.40. The van der Waals surface area contributed by atoms with Crippen molar-refractivity contribution in [3.8, 4) is 17.1 Å². The minimum absolute atomic E-state index is 0.00428. The van der Waals surface area contributed by atoms with Gasteiger partial charge in [0.15, 0.2) is 0 Å². The molecule has 2 rings (SSSR count). The Balaban J connectivity index is 2.01. The summed E-state index contributed by atoms with van der Waals surface area (Å²) < 4.78 is 46.0. The van der Waals surface area contributed by atoms with E-state index in [4.69, 9.17) is 4.52 Å². The molecule has 2 unspecified atom stereocenters. The van der Waals surface area contributed by atoms with Gasteiger partial charge in [-0.15, -0.1) is 13.2 Å². The second kappa shape index (κ2) is 10.4. The Hall–Kier alpha value is -2.92. The van der Waals surface area contributed by atoms with Crippen LogP contribution in [0.4, 0.5) is 13.2 Å². The summed E-state index contributed by atoms with van der Waals surface area (Å²) in [5, 5.41) is 16.5. The van der Waals surface area contributed by atoms with E-state index in [0.29, 0.717) is 15.6 Å². The van der Waals surface area contributed by atoms with Gasteiger partial charge >= 0.3 is 18.2 Å². The summed E-state index contributed by atoms with van der Waals surface area (Å²) in [6, 6.07) is 4.10. The quantitative estimate of drug-likeness (QED) is 0.490. The van der Waals surface area contributed by atoms with Crippen LogP contribution in [0.2, 0.25) is 0 Å². The maximum Gasteiger partial charge on any atom is 0.573 e. The Labute approximate surface area is 184 Å². The number of benzene rings is 1. The van der Waals surface area contributed by atoms with Crippen molar-refractivity contribution >= 4 is 21.8 Å². The predicted molar refractivity (Wildman–Crippen MR) is 110 cm³/mol. The molecule has 166 valence electrons. The fraction of sp³-hybridized carbons (Fsp3) is 0.250.